The quantitative estimate of drug-likeness (QED) is 0.629. The SMILES string of the molecule is CC(=O)Nc1cc(-c2oc3ccc(C)cc3c(=O)c2O)ccc1O. The van der Waals surface area contributed by atoms with Crippen molar-refractivity contribution in [1.82, 2.24) is 0 Å². The second-order valence-corrected chi connectivity index (χ2v) is 5.52. The van der Waals surface area contributed by atoms with Gasteiger partial charge in [0.25, 0.3) is 0 Å². The van der Waals surface area contributed by atoms with E-state index in [1.165, 1.54) is 25.1 Å². The lowest BCUT2D eigenvalue weighted by Gasteiger charge is -2.10. The monoisotopic (exact) mass is 325 g/mol. The first kappa shape index (κ1) is 15.6. The van der Waals surface area contributed by atoms with Gasteiger partial charge in [0, 0.05) is 12.5 Å². The summed E-state index contributed by atoms with van der Waals surface area (Å²) in [5.74, 6) is -1.04. The highest BCUT2D eigenvalue weighted by Gasteiger charge is 2.17. The lowest BCUT2D eigenvalue weighted by Crippen LogP contribution is -2.06. The predicted octanol–water partition coefficient (Wildman–Crippen LogP) is 3.14. The minimum Gasteiger partial charge on any atom is -0.506 e. The van der Waals surface area contributed by atoms with Gasteiger partial charge in [-0.15, -0.1) is 0 Å². The summed E-state index contributed by atoms with van der Waals surface area (Å²) >= 11 is 0. The van der Waals surface area contributed by atoms with Crippen LogP contribution in [0.15, 0.2) is 45.6 Å². The molecule has 1 amide bonds. The fourth-order valence-corrected chi connectivity index (χ4v) is 2.46. The molecule has 0 saturated carbocycles. The van der Waals surface area contributed by atoms with Gasteiger partial charge in [-0.3, -0.25) is 9.59 Å². The van der Waals surface area contributed by atoms with E-state index in [0.717, 1.165) is 5.56 Å². The van der Waals surface area contributed by atoms with Crippen molar-refractivity contribution in [2.45, 2.75) is 13.8 Å². The maximum atomic E-state index is 12.4. The molecule has 0 aliphatic carbocycles. The van der Waals surface area contributed by atoms with Crippen molar-refractivity contribution in [3.8, 4) is 22.8 Å². The number of fused-ring (bicyclic) bond motifs is 1. The van der Waals surface area contributed by atoms with Crippen LogP contribution in [0.2, 0.25) is 0 Å². The number of nitrogens with one attached hydrogen (secondary N) is 1. The molecule has 122 valence electrons. The average Bonchev–Trinajstić information content (AvgIpc) is 2.53. The molecule has 0 bridgehead atoms. The molecule has 2 aromatic carbocycles. The Labute approximate surface area is 137 Å². The Morgan fingerprint density at radius 2 is 1.88 bits per heavy atom. The van der Waals surface area contributed by atoms with Gasteiger partial charge in [-0.05, 0) is 37.3 Å². The average molecular weight is 325 g/mol. The first-order valence-electron chi connectivity index (χ1n) is 7.24. The van der Waals surface area contributed by atoms with Gasteiger partial charge in [0.15, 0.2) is 5.76 Å². The van der Waals surface area contributed by atoms with Gasteiger partial charge in [0.05, 0.1) is 11.1 Å². The Balaban J connectivity index is 2.23. The number of anilines is 1. The fourth-order valence-electron chi connectivity index (χ4n) is 2.46. The van der Waals surface area contributed by atoms with E-state index >= 15 is 0 Å². The molecule has 0 aliphatic heterocycles. The van der Waals surface area contributed by atoms with E-state index in [1.54, 1.807) is 18.2 Å². The molecule has 6 nitrogen and oxygen atoms in total. The first-order valence-corrected chi connectivity index (χ1v) is 7.24. The van der Waals surface area contributed by atoms with Crippen LogP contribution in [0.4, 0.5) is 5.69 Å². The van der Waals surface area contributed by atoms with E-state index in [4.69, 9.17) is 4.42 Å². The van der Waals surface area contributed by atoms with Gasteiger partial charge >= 0.3 is 0 Å². The van der Waals surface area contributed by atoms with Crippen LogP contribution in [0.25, 0.3) is 22.3 Å². The van der Waals surface area contributed by atoms with Crippen LogP contribution in [0, 0.1) is 6.92 Å². The van der Waals surface area contributed by atoms with Crippen LogP contribution in [0.3, 0.4) is 0 Å². The lowest BCUT2D eigenvalue weighted by molar-refractivity contribution is -0.114. The third kappa shape index (κ3) is 2.69. The molecule has 24 heavy (non-hydrogen) atoms. The van der Waals surface area contributed by atoms with Gasteiger partial charge in [-0.25, -0.2) is 0 Å². The summed E-state index contributed by atoms with van der Waals surface area (Å²) in [5.41, 5.74) is 1.19. The molecule has 0 aliphatic rings. The van der Waals surface area contributed by atoms with Gasteiger partial charge in [-0.1, -0.05) is 11.6 Å². The zero-order chi connectivity index (χ0) is 17.4. The number of rotatable bonds is 2. The Hall–Kier alpha value is -3.28. The molecule has 0 spiro atoms. The Morgan fingerprint density at radius 1 is 1.12 bits per heavy atom. The molecular formula is C18H15NO5. The molecule has 0 saturated heterocycles. The van der Waals surface area contributed by atoms with E-state index in [9.17, 15) is 19.8 Å². The third-order valence-corrected chi connectivity index (χ3v) is 3.59. The minimum atomic E-state index is -0.538. The van der Waals surface area contributed by atoms with Gasteiger partial charge in [0.2, 0.25) is 17.1 Å². The van der Waals surface area contributed by atoms with E-state index < -0.39 is 11.2 Å². The number of carbonyl (C=O) groups is 1. The van der Waals surface area contributed by atoms with Crippen LogP contribution in [-0.2, 0) is 4.79 Å². The summed E-state index contributed by atoms with van der Waals surface area (Å²) in [5, 5.41) is 22.8. The Morgan fingerprint density at radius 3 is 2.58 bits per heavy atom. The smallest absolute Gasteiger partial charge is 0.235 e. The lowest BCUT2D eigenvalue weighted by atomic mass is 10.1. The number of hydrogen-bond donors (Lipinski definition) is 3. The summed E-state index contributed by atoms with van der Waals surface area (Å²) in [4.78, 5) is 23.6. The van der Waals surface area contributed by atoms with Gasteiger partial charge in [0.1, 0.15) is 11.3 Å². The Kier molecular flexibility index (Phi) is 3.73. The number of amides is 1. The minimum absolute atomic E-state index is 0.0250. The highest BCUT2D eigenvalue weighted by molar-refractivity contribution is 5.91. The maximum absolute atomic E-state index is 12.4. The first-order chi connectivity index (χ1) is 11.4. The molecule has 0 atom stereocenters. The van der Waals surface area contributed by atoms with E-state index in [2.05, 4.69) is 5.32 Å². The van der Waals surface area contributed by atoms with Gasteiger partial charge in [-0.2, -0.15) is 0 Å². The highest BCUT2D eigenvalue weighted by atomic mass is 16.4. The second-order valence-electron chi connectivity index (χ2n) is 5.52. The second kappa shape index (κ2) is 5.73. The molecule has 1 heterocycles. The number of phenolic OH excluding ortho intramolecular Hbond substituents is 1. The number of benzene rings is 2. The fraction of sp³-hybridized carbons (Fsp3) is 0.111. The summed E-state index contributed by atoms with van der Waals surface area (Å²) in [6, 6.07) is 9.35. The van der Waals surface area contributed by atoms with Crippen molar-refractivity contribution in [1.29, 1.82) is 0 Å². The zero-order valence-electron chi connectivity index (χ0n) is 13.1. The largest absolute Gasteiger partial charge is 0.506 e. The summed E-state index contributed by atoms with van der Waals surface area (Å²) in [7, 11) is 0. The maximum Gasteiger partial charge on any atom is 0.235 e. The van der Waals surface area contributed by atoms with Crippen molar-refractivity contribution < 1.29 is 19.4 Å². The number of aryl methyl sites for hydroxylation is 1. The molecule has 0 radical (unpaired) electrons. The van der Waals surface area contributed by atoms with Crippen LogP contribution >= 0.6 is 0 Å². The van der Waals surface area contributed by atoms with Crippen LogP contribution in [-0.4, -0.2) is 16.1 Å². The highest BCUT2D eigenvalue weighted by Crippen LogP contribution is 2.34. The molecule has 6 heteroatoms. The van der Waals surface area contributed by atoms with Crippen molar-refractivity contribution in [3.63, 3.8) is 0 Å². The topological polar surface area (TPSA) is 99.8 Å². The summed E-state index contributed by atoms with van der Waals surface area (Å²) in [6.45, 7) is 3.14. The normalized spacial score (nSPS) is 10.8. The van der Waals surface area contributed by atoms with Crippen LogP contribution in [0.5, 0.6) is 11.5 Å². The Bertz CT molecular complexity index is 1020. The summed E-state index contributed by atoms with van der Waals surface area (Å²) in [6.07, 6.45) is 0. The van der Waals surface area contributed by atoms with Gasteiger partial charge < -0.3 is 19.9 Å². The number of carbonyl (C=O) groups excluding carboxylic acids is 1. The van der Waals surface area contributed by atoms with E-state index in [1.807, 2.05) is 6.92 Å². The third-order valence-electron chi connectivity index (χ3n) is 3.59. The zero-order valence-corrected chi connectivity index (χ0v) is 13.1. The molecule has 3 N–H and O–H groups in total. The van der Waals surface area contributed by atoms with Crippen LogP contribution < -0.4 is 10.7 Å². The number of phenols is 1. The van der Waals surface area contributed by atoms with Crippen molar-refractivity contribution >= 4 is 22.6 Å². The predicted molar refractivity (Wildman–Crippen MR) is 90.3 cm³/mol. The summed E-state index contributed by atoms with van der Waals surface area (Å²) < 4.78 is 5.67. The molecule has 1 aromatic heterocycles. The standard InChI is InChI=1S/C18H15NO5/c1-9-3-6-15-12(7-9)16(22)17(23)18(24-15)11-4-5-14(21)13(8-11)19-10(2)20/h3-8,21,23H,1-2H3,(H,19,20). The number of hydrogen-bond acceptors (Lipinski definition) is 5. The number of aromatic hydroxyl groups is 2. The van der Waals surface area contributed by atoms with Crippen molar-refractivity contribution in [2.24, 2.45) is 0 Å². The van der Waals surface area contributed by atoms with Crippen molar-refractivity contribution in [2.75, 3.05) is 5.32 Å². The van der Waals surface area contributed by atoms with E-state index in [0.29, 0.717) is 11.1 Å². The molecule has 0 unspecified atom stereocenters. The van der Waals surface area contributed by atoms with Crippen molar-refractivity contribution in [3.05, 3.63) is 52.2 Å². The van der Waals surface area contributed by atoms with E-state index in [-0.39, 0.29) is 28.5 Å². The molecule has 0 fully saturated rings. The molecular weight excluding hydrogens is 310 g/mol. The van der Waals surface area contributed by atoms with Crippen LogP contribution in [0.1, 0.15) is 12.5 Å². The molecule has 3 aromatic rings. The molecule has 3 rings (SSSR count).